The van der Waals surface area contributed by atoms with Gasteiger partial charge in [-0.2, -0.15) is 0 Å². The summed E-state index contributed by atoms with van der Waals surface area (Å²) in [5.74, 6) is 0.901. The number of nitrogens with one attached hydrogen (secondary N) is 1. The molecule has 1 saturated heterocycles. The van der Waals surface area contributed by atoms with Gasteiger partial charge in [0.2, 0.25) is 0 Å². The predicted molar refractivity (Wildman–Crippen MR) is 84.5 cm³/mol. The fraction of sp³-hybridized carbons (Fsp3) is 0.600. The van der Waals surface area contributed by atoms with Crippen LogP contribution in [0, 0.1) is 0 Å². The van der Waals surface area contributed by atoms with Gasteiger partial charge in [-0.1, -0.05) is 6.07 Å². The molecular formula is C15H25N5O. The summed E-state index contributed by atoms with van der Waals surface area (Å²) < 4.78 is 0. The van der Waals surface area contributed by atoms with E-state index in [2.05, 4.69) is 22.2 Å². The molecule has 2 rings (SSSR count). The second-order valence-corrected chi connectivity index (χ2v) is 5.68. The number of amides is 2. The number of hydrogen-bond acceptors (Lipinski definition) is 4. The van der Waals surface area contributed by atoms with Gasteiger partial charge in [-0.15, -0.1) is 0 Å². The lowest BCUT2D eigenvalue weighted by atomic mass is 10.3. The molecule has 0 spiro atoms. The molecule has 2 amide bonds. The second kappa shape index (κ2) is 7.26. The number of anilines is 1. The van der Waals surface area contributed by atoms with Crippen LogP contribution in [0.25, 0.3) is 0 Å². The molecule has 1 aliphatic heterocycles. The summed E-state index contributed by atoms with van der Waals surface area (Å²) in [7, 11) is 6.01. The molecule has 0 atom stereocenters. The first kappa shape index (κ1) is 15.6. The third-order valence-corrected chi connectivity index (χ3v) is 3.68. The van der Waals surface area contributed by atoms with Crippen LogP contribution < -0.4 is 10.2 Å². The minimum absolute atomic E-state index is 0.00218. The first-order valence-electron chi connectivity index (χ1n) is 7.41. The number of carbonyl (C=O) groups is 1. The van der Waals surface area contributed by atoms with Crippen LogP contribution in [-0.4, -0.2) is 68.1 Å². The van der Waals surface area contributed by atoms with E-state index in [1.54, 1.807) is 0 Å². The van der Waals surface area contributed by atoms with Gasteiger partial charge in [0.25, 0.3) is 0 Å². The summed E-state index contributed by atoms with van der Waals surface area (Å²) in [6.45, 7) is 4.06. The zero-order valence-corrected chi connectivity index (χ0v) is 13.2. The van der Waals surface area contributed by atoms with Crippen LogP contribution in [0.1, 0.15) is 12.1 Å². The Hall–Kier alpha value is -1.82. The Morgan fingerprint density at radius 2 is 2.10 bits per heavy atom. The maximum Gasteiger partial charge on any atom is 0.317 e. The number of urea groups is 1. The molecule has 21 heavy (non-hydrogen) atoms. The summed E-state index contributed by atoms with van der Waals surface area (Å²) >= 11 is 0. The highest BCUT2D eigenvalue weighted by atomic mass is 16.2. The summed E-state index contributed by atoms with van der Waals surface area (Å²) in [4.78, 5) is 22.8. The Balaban J connectivity index is 1.87. The van der Waals surface area contributed by atoms with E-state index >= 15 is 0 Å². The van der Waals surface area contributed by atoms with Crippen LogP contribution in [0.2, 0.25) is 0 Å². The van der Waals surface area contributed by atoms with Crippen molar-refractivity contribution >= 4 is 11.8 Å². The number of carbonyl (C=O) groups excluding carboxylic acids is 1. The van der Waals surface area contributed by atoms with Crippen molar-refractivity contribution in [1.82, 2.24) is 20.1 Å². The molecule has 6 heteroatoms. The smallest absolute Gasteiger partial charge is 0.317 e. The molecule has 1 fully saturated rings. The number of hydrogen-bond donors (Lipinski definition) is 1. The van der Waals surface area contributed by atoms with Gasteiger partial charge in [-0.05, 0) is 32.1 Å². The van der Waals surface area contributed by atoms with Crippen molar-refractivity contribution in [2.24, 2.45) is 0 Å². The van der Waals surface area contributed by atoms with E-state index in [-0.39, 0.29) is 6.03 Å². The molecule has 1 aromatic heterocycles. The molecule has 0 unspecified atom stereocenters. The SMILES string of the molecule is CN1CCCN(C(=O)NCc2cccc(N(C)C)n2)CC1. The predicted octanol–water partition coefficient (Wildman–Crippen LogP) is 0.995. The third-order valence-electron chi connectivity index (χ3n) is 3.68. The van der Waals surface area contributed by atoms with E-state index in [1.807, 2.05) is 42.1 Å². The van der Waals surface area contributed by atoms with Crippen LogP contribution in [0.3, 0.4) is 0 Å². The molecule has 0 aromatic carbocycles. The Bertz CT molecular complexity index is 477. The highest BCUT2D eigenvalue weighted by molar-refractivity contribution is 5.74. The van der Waals surface area contributed by atoms with Crippen molar-refractivity contribution in [1.29, 1.82) is 0 Å². The monoisotopic (exact) mass is 291 g/mol. The highest BCUT2D eigenvalue weighted by Gasteiger charge is 2.17. The standard InChI is InChI=1S/C15H25N5O/c1-18(2)14-7-4-6-13(17-14)12-16-15(21)20-9-5-8-19(3)10-11-20/h4,6-7H,5,8-12H2,1-3H3,(H,16,21). The number of nitrogens with zero attached hydrogens (tertiary/aromatic N) is 4. The number of rotatable bonds is 3. The van der Waals surface area contributed by atoms with Gasteiger partial charge >= 0.3 is 6.03 Å². The van der Waals surface area contributed by atoms with E-state index in [9.17, 15) is 4.79 Å². The molecule has 0 bridgehead atoms. The fourth-order valence-corrected chi connectivity index (χ4v) is 2.34. The number of likely N-dealkylation sites (N-methyl/N-ethyl adjacent to an activating group) is 1. The molecule has 0 aliphatic carbocycles. The Morgan fingerprint density at radius 3 is 2.86 bits per heavy atom. The maximum atomic E-state index is 12.2. The number of aromatic nitrogens is 1. The van der Waals surface area contributed by atoms with Gasteiger partial charge in [0.05, 0.1) is 12.2 Å². The Kier molecular flexibility index (Phi) is 5.38. The fourth-order valence-electron chi connectivity index (χ4n) is 2.34. The van der Waals surface area contributed by atoms with Gasteiger partial charge in [0, 0.05) is 33.7 Å². The van der Waals surface area contributed by atoms with Gasteiger partial charge < -0.3 is 20.0 Å². The van der Waals surface area contributed by atoms with E-state index in [0.29, 0.717) is 6.54 Å². The first-order chi connectivity index (χ1) is 10.1. The van der Waals surface area contributed by atoms with Crippen molar-refractivity contribution in [2.75, 3.05) is 52.2 Å². The van der Waals surface area contributed by atoms with Crippen molar-refractivity contribution in [2.45, 2.75) is 13.0 Å². The normalized spacial score (nSPS) is 16.4. The molecule has 2 heterocycles. The van der Waals surface area contributed by atoms with Gasteiger partial charge in [0.1, 0.15) is 5.82 Å². The molecule has 1 N–H and O–H groups in total. The first-order valence-corrected chi connectivity index (χ1v) is 7.41. The quantitative estimate of drug-likeness (QED) is 0.902. The van der Waals surface area contributed by atoms with Crippen LogP contribution in [-0.2, 0) is 6.54 Å². The summed E-state index contributed by atoms with van der Waals surface area (Å²) in [6.07, 6.45) is 1.03. The maximum absolute atomic E-state index is 12.2. The lowest BCUT2D eigenvalue weighted by molar-refractivity contribution is 0.199. The van der Waals surface area contributed by atoms with Gasteiger partial charge in [0.15, 0.2) is 0 Å². The van der Waals surface area contributed by atoms with E-state index in [1.165, 1.54) is 0 Å². The lowest BCUT2D eigenvalue weighted by Crippen LogP contribution is -2.41. The zero-order chi connectivity index (χ0) is 15.2. The average Bonchev–Trinajstić information content (AvgIpc) is 2.70. The number of pyridine rings is 1. The second-order valence-electron chi connectivity index (χ2n) is 5.68. The van der Waals surface area contributed by atoms with Crippen LogP contribution in [0.5, 0.6) is 0 Å². The van der Waals surface area contributed by atoms with Crippen molar-refractivity contribution in [3.8, 4) is 0 Å². The van der Waals surface area contributed by atoms with Gasteiger partial charge in [-0.3, -0.25) is 0 Å². The topological polar surface area (TPSA) is 51.7 Å². The highest BCUT2D eigenvalue weighted by Crippen LogP contribution is 2.08. The third kappa shape index (κ3) is 4.60. The van der Waals surface area contributed by atoms with Gasteiger partial charge in [-0.25, -0.2) is 9.78 Å². The zero-order valence-electron chi connectivity index (χ0n) is 13.2. The van der Waals surface area contributed by atoms with Crippen LogP contribution in [0.15, 0.2) is 18.2 Å². The molecule has 1 aliphatic rings. The summed E-state index contributed by atoms with van der Waals surface area (Å²) in [6, 6.07) is 5.85. The molecule has 0 saturated carbocycles. The average molecular weight is 291 g/mol. The molecule has 1 aromatic rings. The summed E-state index contributed by atoms with van der Waals surface area (Å²) in [5, 5.41) is 2.96. The molecule has 0 radical (unpaired) electrons. The summed E-state index contributed by atoms with van der Waals surface area (Å²) in [5.41, 5.74) is 0.876. The van der Waals surface area contributed by atoms with Crippen molar-refractivity contribution in [3.05, 3.63) is 23.9 Å². The van der Waals surface area contributed by atoms with Crippen molar-refractivity contribution in [3.63, 3.8) is 0 Å². The molecule has 116 valence electrons. The Labute approximate surface area is 126 Å². The van der Waals surface area contributed by atoms with Crippen molar-refractivity contribution < 1.29 is 4.79 Å². The largest absolute Gasteiger partial charge is 0.363 e. The minimum atomic E-state index is 0.00218. The van der Waals surface area contributed by atoms with E-state index < -0.39 is 0 Å². The van der Waals surface area contributed by atoms with Crippen LogP contribution >= 0.6 is 0 Å². The van der Waals surface area contributed by atoms with Crippen LogP contribution in [0.4, 0.5) is 10.6 Å². The molecule has 6 nitrogen and oxygen atoms in total. The van der Waals surface area contributed by atoms with E-state index in [4.69, 9.17) is 0 Å². The minimum Gasteiger partial charge on any atom is -0.363 e. The Morgan fingerprint density at radius 1 is 1.29 bits per heavy atom. The van der Waals surface area contributed by atoms with E-state index in [0.717, 1.165) is 44.1 Å². The molecular weight excluding hydrogens is 266 g/mol. The lowest BCUT2D eigenvalue weighted by Gasteiger charge is -2.21.